The van der Waals surface area contributed by atoms with Crippen molar-refractivity contribution in [3.05, 3.63) is 158 Å². The summed E-state index contributed by atoms with van der Waals surface area (Å²) >= 11 is 0. The Labute approximate surface area is 269 Å². The molecular weight excluding hydrogens is 708 g/mol. The van der Waals surface area contributed by atoms with Crippen molar-refractivity contribution in [2.24, 2.45) is 9.98 Å². The predicted octanol–water partition coefficient (Wildman–Crippen LogP) is 9.77. The predicted molar refractivity (Wildman–Crippen MR) is 177 cm³/mol. The fourth-order valence-corrected chi connectivity index (χ4v) is 4.45. The third-order valence-corrected chi connectivity index (χ3v) is 6.36. The maximum atomic E-state index is 4.74. The largest absolute Gasteiger partial charge is 4.00 e. The zero-order valence-electron chi connectivity index (χ0n) is 24.0. The quantitative estimate of drug-likeness (QED) is 0.0619. The van der Waals surface area contributed by atoms with E-state index in [0.29, 0.717) is 11.4 Å². The molecule has 0 aliphatic carbocycles. The zero-order chi connectivity index (χ0) is 29.0. The van der Waals surface area contributed by atoms with E-state index in [1.165, 1.54) is 0 Å². The second-order valence-electron chi connectivity index (χ2n) is 9.20. The molecule has 0 atom stereocenters. The molecule has 43 heavy (non-hydrogen) atoms. The molecule has 0 heterocycles. The van der Waals surface area contributed by atoms with Crippen LogP contribution in [0.25, 0.3) is 22.3 Å². The smallest absolute Gasteiger partial charge is 0.434 e. The van der Waals surface area contributed by atoms with Crippen molar-refractivity contribution in [1.29, 1.82) is 0 Å². The van der Waals surface area contributed by atoms with Gasteiger partial charge in [-0.25, -0.2) is 0 Å². The van der Waals surface area contributed by atoms with Gasteiger partial charge in [0.15, 0.2) is 0 Å². The molecule has 5 heteroatoms. The van der Waals surface area contributed by atoms with E-state index in [2.05, 4.69) is 36.9 Å². The number of nitrogens with zero attached hydrogens (tertiary/aromatic N) is 4. The molecule has 0 bridgehead atoms. The van der Waals surface area contributed by atoms with Crippen molar-refractivity contribution in [3.63, 3.8) is 0 Å². The van der Waals surface area contributed by atoms with E-state index < -0.39 is 0 Å². The topological polar surface area (TPSA) is 31.2 Å². The minimum atomic E-state index is 0. The van der Waals surface area contributed by atoms with E-state index in [0.717, 1.165) is 33.6 Å². The molecular formula is C38H30N4Pt. The summed E-state index contributed by atoms with van der Waals surface area (Å²) in [6, 6.07) is 46.6. The summed E-state index contributed by atoms with van der Waals surface area (Å²) in [5.74, 6) is 0. The summed E-state index contributed by atoms with van der Waals surface area (Å²) in [5.41, 5.74) is 7.32. The van der Waals surface area contributed by atoms with Crippen LogP contribution in [0.2, 0.25) is 0 Å². The van der Waals surface area contributed by atoms with Crippen LogP contribution in [-0.4, -0.2) is 12.7 Å². The zero-order valence-corrected chi connectivity index (χ0v) is 26.2. The Kier molecular flexibility index (Phi) is 11.6. The second kappa shape index (κ2) is 16.0. The number of para-hydroxylation sites is 4. The summed E-state index contributed by atoms with van der Waals surface area (Å²) in [4.78, 5) is 13.3. The van der Waals surface area contributed by atoms with Gasteiger partial charge in [0, 0.05) is 12.7 Å². The Morgan fingerprint density at radius 3 is 1.33 bits per heavy atom. The van der Waals surface area contributed by atoms with Crippen molar-refractivity contribution < 1.29 is 21.1 Å². The summed E-state index contributed by atoms with van der Waals surface area (Å²) < 4.78 is 0. The van der Waals surface area contributed by atoms with E-state index in [9.17, 15) is 0 Å². The number of hydrogen-bond acceptors (Lipinski definition) is 2. The van der Waals surface area contributed by atoms with Crippen molar-refractivity contribution in [2.45, 2.75) is 13.8 Å². The molecule has 0 aromatic heterocycles. The molecule has 5 rings (SSSR count). The fourth-order valence-electron chi connectivity index (χ4n) is 4.45. The third-order valence-electron chi connectivity index (χ3n) is 6.36. The standard InChI is InChI=1S/C38H30N4.Pt/c1-3-27-41(37-25-15-11-21-33(37)31-17-7-5-8-18-31)29-39-35-23-13-14-24-36(35)40-30-42(28-4-2)38-26-16-12-22-34(38)32-19-9-6-10-20-32;/h3-17,19,21-28H,1-2H3;/q-4;+4/b27-3-,28-4-;. The summed E-state index contributed by atoms with van der Waals surface area (Å²) in [6.07, 6.45) is 14.2. The van der Waals surface area contributed by atoms with Crippen LogP contribution in [-0.2, 0) is 21.1 Å². The molecule has 212 valence electrons. The van der Waals surface area contributed by atoms with Crippen LogP contribution in [0, 0.1) is 12.1 Å². The maximum Gasteiger partial charge on any atom is 4.00 e. The van der Waals surface area contributed by atoms with Crippen molar-refractivity contribution in [3.8, 4) is 22.3 Å². The molecule has 0 unspecified atom stereocenters. The Bertz CT molecular complexity index is 1580. The van der Waals surface area contributed by atoms with Gasteiger partial charge >= 0.3 is 21.1 Å². The van der Waals surface area contributed by atoms with Crippen LogP contribution < -0.4 is 9.80 Å². The maximum absolute atomic E-state index is 4.74. The molecule has 0 spiro atoms. The van der Waals surface area contributed by atoms with Gasteiger partial charge in [0.25, 0.3) is 0 Å². The molecule has 0 radical (unpaired) electrons. The van der Waals surface area contributed by atoms with E-state index in [1.54, 1.807) is 0 Å². The van der Waals surface area contributed by atoms with Crippen molar-refractivity contribution in [2.75, 3.05) is 9.80 Å². The number of allylic oxidation sites excluding steroid dienone is 2. The van der Waals surface area contributed by atoms with Gasteiger partial charge in [-0.05, 0) is 11.4 Å². The Balaban J connectivity index is 0.00000423. The molecule has 0 fully saturated rings. The number of anilines is 2. The van der Waals surface area contributed by atoms with Crippen molar-refractivity contribution >= 4 is 35.4 Å². The third kappa shape index (κ3) is 7.94. The van der Waals surface area contributed by atoms with Gasteiger partial charge in [0.1, 0.15) is 0 Å². The van der Waals surface area contributed by atoms with Crippen LogP contribution in [0.1, 0.15) is 13.8 Å². The van der Waals surface area contributed by atoms with Gasteiger partial charge in [0.2, 0.25) is 0 Å². The number of aliphatic imine (C=N–C) groups is 2. The molecule has 0 saturated carbocycles. The molecule has 5 aromatic carbocycles. The number of benzene rings is 5. The van der Waals surface area contributed by atoms with Crippen LogP contribution in [0.3, 0.4) is 0 Å². The minimum absolute atomic E-state index is 0. The summed E-state index contributed by atoms with van der Waals surface area (Å²) in [7, 11) is 0. The van der Waals surface area contributed by atoms with Crippen LogP contribution in [0.4, 0.5) is 22.7 Å². The molecule has 4 nitrogen and oxygen atoms in total. The fraction of sp³-hybridized carbons (Fsp3) is 0.0526. The molecule has 0 amide bonds. The van der Waals surface area contributed by atoms with E-state index in [1.807, 2.05) is 157 Å². The SMILES string of the molecule is C/C=C\N([C-]=Nc1ccccc1N=[C-]N(/C=C\C)c1ccccc1-c1[c-]cccc1)c1ccccc1-c1[c-]cccc1.[Pt+4]. The first-order valence-corrected chi connectivity index (χ1v) is 13.8. The monoisotopic (exact) mass is 737 g/mol. The molecule has 0 N–H and O–H groups in total. The molecule has 5 aromatic rings. The van der Waals surface area contributed by atoms with Crippen molar-refractivity contribution in [1.82, 2.24) is 0 Å². The van der Waals surface area contributed by atoms with Gasteiger partial charge in [-0.15, -0.1) is 96.1 Å². The molecule has 0 saturated heterocycles. The van der Waals surface area contributed by atoms with E-state index in [4.69, 9.17) is 9.98 Å². The van der Waals surface area contributed by atoms with Gasteiger partial charge in [0.05, 0.1) is 0 Å². The Morgan fingerprint density at radius 2 is 0.930 bits per heavy atom. The van der Waals surface area contributed by atoms with E-state index in [-0.39, 0.29) is 21.1 Å². The van der Waals surface area contributed by atoms with Gasteiger partial charge in [-0.3, -0.25) is 0 Å². The molecule has 0 aliphatic heterocycles. The summed E-state index contributed by atoms with van der Waals surface area (Å²) in [5, 5.41) is 0. The van der Waals surface area contributed by atoms with Gasteiger partial charge < -0.3 is 19.8 Å². The minimum Gasteiger partial charge on any atom is -0.434 e. The van der Waals surface area contributed by atoms with Gasteiger partial charge in [-0.1, -0.05) is 98.3 Å². The Morgan fingerprint density at radius 1 is 0.535 bits per heavy atom. The second-order valence-corrected chi connectivity index (χ2v) is 9.20. The normalized spacial score (nSPS) is 11.4. The average molecular weight is 738 g/mol. The van der Waals surface area contributed by atoms with E-state index >= 15 is 0 Å². The summed E-state index contributed by atoms with van der Waals surface area (Å²) in [6.45, 7) is 3.94. The Hall–Kier alpha value is -4.79. The average Bonchev–Trinajstić information content (AvgIpc) is 3.06. The molecule has 0 aliphatic rings. The van der Waals surface area contributed by atoms with Crippen LogP contribution in [0.15, 0.2) is 156 Å². The first-order valence-electron chi connectivity index (χ1n) is 13.8. The first kappa shape index (κ1) is 31.2. The van der Waals surface area contributed by atoms with Gasteiger partial charge in [-0.2, -0.15) is 11.1 Å². The number of hydrogen-bond donors (Lipinski definition) is 0. The first-order chi connectivity index (χ1) is 20.8. The van der Waals surface area contributed by atoms with Crippen LogP contribution in [0.5, 0.6) is 0 Å². The van der Waals surface area contributed by atoms with Crippen LogP contribution >= 0.6 is 0 Å². The number of rotatable bonds is 10.